The number of hydrogen-bond acceptors (Lipinski definition) is 2. The lowest BCUT2D eigenvalue weighted by molar-refractivity contribution is -0.144. The van der Waals surface area contributed by atoms with Gasteiger partial charge in [0.2, 0.25) is 0 Å². The third-order valence-electron chi connectivity index (χ3n) is 4.40. The Morgan fingerprint density at radius 2 is 2.11 bits per heavy atom. The lowest BCUT2D eigenvalue weighted by Crippen LogP contribution is -2.51. The van der Waals surface area contributed by atoms with Crippen LogP contribution >= 0.6 is 0 Å². The summed E-state index contributed by atoms with van der Waals surface area (Å²) in [5.74, 6) is -0.638. The number of amides is 2. The number of carbonyl (C=O) groups excluding carboxylic acids is 1. The summed E-state index contributed by atoms with van der Waals surface area (Å²) in [6.45, 7) is 5.53. The molecule has 106 valence electrons. The van der Waals surface area contributed by atoms with Crippen LogP contribution in [0.15, 0.2) is 12.7 Å². The molecule has 0 aromatic rings. The maximum absolute atomic E-state index is 11.9. The van der Waals surface area contributed by atoms with Gasteiger partial charge in [0.25, 0.3) is 0 Å². The number of carboxylic acid groups (broad SMARTS) is 1. The van der Waals surface area contributed by atoms with E-state index in [2.05, 4.69) is 17.2 Å². The van der Waals surface area contributed by atoms with Crippen LogP contribution in [0.4, 0.5) is 4.79 Å². The highest BCUT2D eigenvalue weighted by atomic mass is 16.4. The highest BCUT2D eigenvalue weighted by Crippen LogP contribution is 2.48. The molecule has 0 heterocycles. The van der Waals surface area contributed by atoms with E-state index in [1.807, 2.05) is 6.92 Å². The summed E-state index contributed by atoms with van der Waals surface area (Å²) in [5, 5.41) is 15.0. The van der Waals surface area contributed by atoms with Crippen molar-refractivity contribution < 1.29 is 14.7 Å². The largest absolute Gasteiger partial charge is 0.481 e. The quantitative estimate of drug-likeness (QED) is 0.663. The van der Waals surface area contributed by atoms with Gasteiger partial charge in [-0.15, -0.1) is 6.58 Å². The first-order valence-electron chi connectivity index (χ1n) is 6.93. The molecule has 3 N–H and O–H groups in total. The molecule has 2 saturated carbocycles. The maximum atomic E-state index is 11.9. The van der Waals surface area contributed by atoms with Crippen LogP contribution in [0.1, 0.15) is 32.6 Å². The molecule has 2 rings (SSSR count). The second-order valence-electron chi connectivity index (χ2n) is 5.77. The predicted octanol–water partition coefficient (Wildman–Crippen LogP) is 1.75. The highest BCUT2D eigenvalue weighted by Gasteiger charge is 2.51. The number of rotatable bonds is 5. The second kappa shape index (κ2) is 5.63. The number of carbonyl (C=O) groups is 2. The van der Waals surface area contributed by atoms with Crippen molar-refractivity contribution in [3.05, 3.63) is 12.7 Å². The van der Waals surface area contributed by atoms with Crippen molar-refractivity contribution in [2.75, 3.05) is 0 Å². The Balaban J connectivity index is 1.92. The van der Waals surface area contributed by atoms with Crippen molar-refractivity contribution in [3.8, 4) is 0 Å². The minimum absolute atomic E-state index is 0.0133. The van der Waals surface area contributed by atoms with E-state index < -0.39 is 11.9 Å². The fourth-order valence-electron chi connectivity index (χ4n) is 3.58. The van der Waals surface area contributed by atoms with Crippen LogP contribution in [0.5, 0.6) is 0 Å². The minimum Gasteiger partial charge on any atom is -0.481 e. The van der Waals surface area contributed by atoms with Gasteiger partial charge in [0.15, 0.2) is 0 Å². The number of carboxylic acids is 1. The molecule has 0 aromatic heterocycles. The smallest absolute Gasteiger partial charge is 0.315 e. The van der Waals surface area contributed by atoms with E-state index in [0.29, 0.717) is 12.3 Å². The first-order valence-corrected chi connectivity index (χ1v) is 6.93. The molecule has 0 radical (unpaired) electrons. The van der Waals surface area contributed by atoms with E-state index in [4.69, 9.17) is 0 Å². The second-order valence-corrected chi connectivity index (χ2v) is 5.77. The molecule has 0 spiro atoms. The Kier molecular flexibility index (Phi) is 4.12. The third-order valence-corrected chi connectivity index (χ3v) is 4.40. The Morgan fingerprint density at radius 1 is 1.42 bits per heavy atom. The van der Waals surface area contributed by atoms with Crippen molar-refractivity contribution in [1.82, 2.24) is 10.6 Å². The molecule has 5 heteroatoms. The standard InChI is InChI=1S/C14H22N2O3/c1-3-4-8(2)15-14(19)16-12-10-6-5-9(7-10)11(12)13(17)18/h3,8-12H,1,4-7H2,2H3,(H,17,18)(H2,15,16,19). The molecule has 2 aliphatic carbocycles. The van der Waals surface area contributed by atoms with Gasteiger partial charge in [-0.05, 0) is 44.4 Å². The lowest BCUT2D eigenvalue weighted by atomic mass is 9.84. The molecule has 0 aliphatic heterocycles. The minimum atomic E-state index is -0.781. The van der Waals surface area contributed by atoms with E-state index >= 15 is 0 Å². The van der Waals surface area contributed by atoms with Gasteiger partial charge >= 0.3 is 12.0 Å². The monoisotopic (exact) mass is 266 g/mol. The molecule has 2 bridgehead atoms. The van der Waals surface area contributed by atoms with E-state index in [1.54, 1.807) is 6.08 Å². The summed E-state index contributed by atoms with van der Waals surface area (Å²) in [6.07, 6.45) is 5.40. The van der Waals surface area contributed by atoms with Gasteiger partial charge in [-0.25, -0.2) is 4.79 Å². The van der Waals surface area contributed by atoms with Crippen LogP contribution in [0.25, 0.3) is 0 Å². The lowest BCUT2D eigenvalue weighted by Gasteiger charge is -2.29. The van der Waals surface area contributed by atoms with E-state index in [9.17, 15) is 14.7 Å². The van der Waals surface area contributed by atoms with Crippen LogP contribution in [0.3, 0.4) is 0 Å². The molecular formula is C14H22N2O3. The average Bonchev–Trinajstić information content (AvgIpc) is 2.88. The number of aliphatic carboxylic acids is 1. The Bertz CT molecular complexity index is 383. The summed E-state index contributed by atoms with van der Waals surface area (Å²) in [5.41, 5.74) is 0. The molecule has 2 aliphatic rings. The van der Waals surface area contributed by atoms with Crippen LogP contribution in [-0.2, 0) is 4.79 Å². The first kappa shape index (κ1) is 13.9. The predicted molar refractivity (Wildman–Crippen MR) is 71.7 cm³/mol. The summed E-state index contributed by atoms with van der Waals surface area (Å²) < 4.78 is 0. The van der Waals surface area contributed by atoms with Gasteiger partial charge in [-0.1, -0.05) is 6.08 Å². The molecule has 2 fully saturated rings. The first-order chi connectivity index (χ1) is 9.02. The van der Waals surface area contributed by atoms with Gasteiger partial charge in [0.05, 0.1) is 5.92 Å². The Morgan fingerprint density at radius 3 is 2.74 bits per heavy atom. The van der Waals surface area contributed by atoms with Crippen molar-refractivity contribution >= 4 is 12.0 Å². The molecule has 19 heavy (non-hydrogen) atoms. The summed E-state index contributed by atoms with van der Waals surface area (Å²) in [4.78, 5) is 23.2. The van der Waals surface area contributed by atoms with E-state index in [-0.39, 0.29) is 24.0 Å². The van der Waals surface area contributed by atoms with E-state index in [1.165, 1.54) is 0 Å². The number of nitrogens with one attached hydrogen (secondary N) is 2. The Labute approximate surface area is 113 Å². The normalized spacial score (nSPS) is 33.7. The number of urea groups is 1. The molecule has 2 amide bonds. The van der Waals surface area contributed by atoms with Crippen LogP contribution in [0, 0.1) is 17.8 Å². The zero-order valence-electron chi connectivity index (χ0n) is 11.3. The van der Waals surface area contributed by atoms with Gasteiger partial charge in [-0.2, -0.15) is 0 Å². The fourth-order valence-corrected chi connectivity index (χ4v) is 3.58. The Hall–Kier alpha value is -1.52. The van der Waals surface area contributed by atoms with Crippen LogP contribution in [-0.4, -0.2) is 29.2 Å². The zero-order chi connectivity index (χ0) is 14.0. The van der Waals surface area contributed by atoms with E-state index in [0.717, 1.165) is 19.3 Å². The molecule has 0 aromatic carbocycles. The SMILES string of the molecule is C=CCC(C)NC(=O)NC1C2CCC(C2)C1C(=O)O. The maximum Gasteiger partial charge on any atom is 0.315 e. The van der Waals surface area contributed by atoms with Crippen LogP contribution < -0.4 is 10.6 Å². The average molecular weight is 266 g/mol. The molecule has 5 nitrogen and oxygen atoms in total. The number of fused-ring (bicyclic) bond motifs is 2. The topological polar surface area (TPSA) is 78.4 Å². The molecule has 5 atom stereocenters. The molecular weight excluding hydrogens is 244 g/mol. The van der Waals surface area contributed by atoms with Crippen molar-refractivity contribution in [3.63, 3.8) is 0 Å². The highest BCUT2D eigenvalue weighted by molar-refractivity contribution is 5.77. The van der Waals surface area contributed by atoms with Gasteiger partial charge < -0.3 is 15.7 Å². The van der Waals surface area contributed by atoms with Crippen molar-refractivity contribution in [2.24, 2.45) is 17.8 Å². The van der Waals surface area contributed by atoms with Gasteiger partial charge in [0.1, 0.15) is 0 Å². The summed E-state index contributed by atoms with van der Waals surface area (Å²) in [7, 11) is 0. The summed E-state index contributed by atoms with van der Waals surface area (Å²) in [6, 6.07) is -0.468. The fraction of sp³-hybridized carbons (Fsp3) is 0.714. The van der Waals surface area contributed by atoms with Crippen molar-refractivity contribution in [2.45, 2.75) is 44.7 Å². The van der Waals surface area contributed by atoms with Crippen molar-refractivity contribution in [1.29, 1.82) is 0 Å². The van der Waals surface area contributed by atoms with Gasteiger partial charge in [-0.3, -0.25) is 4.79 Å². The number of hydrogen-bond donors (Lipinski definition) is 3. The van der Waals surface area contributed by atoms with Crippen LogP contribution in [0.2, 0.25) is 0 Å². The van der Waals surface area contributed by atoms with Gasteiger partial charge in [0, 0.05) is 12.1 Å². The third kappa shape index (κ3) is 2.91. The zero-order valence-corrected chi connectivity index (χ0v) is 11.3. The molecule has 0 saturated heterocycles. The summed E-state index contributed by atoms with van der Waals surface area (Å²) >= 11 is 0. The molecule has 5 unspecified atom stereocenters.